The van der Waals surface area contributed by atoms with Gasteiger partial charge in [-0.25, -0.2) is 0 Å². The first-order chi connectivity index (χ1) is 10.8. The Morgan fingerprint density at radius 1 is 1.04 bits per heavy atom. The Balaban J connectivity index is 1.73. The van der Waals surface area contributed by atoms with E-state index in [0.717, 1.165) is 25.7 Å². The fraction of sp³-hybridized carbons (Fsp3) is 0.947. The summed E-state index contributed by atoms with van der Waals surface area (Å²) in [4.78, 5) is 12.9. The molecule has 4 fully saturated rings. The van der Waals surface area contributed by atoms with Crippen LogP contribution >= 0.6 is 0 Å². The van der Waals surface area contributed by atoms with E-state index >= 15 is 0 Å². The van der Waals surface area contributed by atoms with Gasteiger partial charge in [-0.1, -0.05) is 13.8 Å². The van der Waals surface area contributed by atoms with Gasteiger partial charge in [0, 0.05) is 12.3 Å². The van der Waals surface area contributed by atoms with Crippen LogP contribution in [-0.2, 0) is 4.79 Å². The summed E-state index contributed by atoms with van der Waals surface area (Å²) in [6, 6.07) is 0. The molecule has 0 saturated heterocycles. The minimum Gasteiger partial charge on any atom is -0.393 e. The summed E-state index contributed by atoms with van der Waals surface area (Å²) in [5.74, 6) is 0.869. The van der Waals surface area contributed by atoms with Crippen molar-refractivity contribution in [2.24, 2.45) is 34.5 Å². The minimum absolute atomic E-state index is 0.0992. The van der Waals surface area contributed by atoms with Crippen LogP contribution in [0.25, 0.3) is 0 Å². The monoisotopic (exact) mass is 322 g/mol. The van der Waals surface area contributed by atoms with Crippen molar-refractivity contribution >= 4 is 5.78 Å². The summed E-state index contributed by atoms with van der Waals surface area (Å²) < 4.78 is 0. The van der Waals surface area contributed by atoms with Crippen LogP contribution in [0.4, 0.5) is 0 Å². The maximum Gasteiger partial charge on any atom is 0.136 e. The van der Waals surface area contributed by atoms with E-state index in [1.807, 2.05) is 0 Å². The first-order valence-electron chi connectivity index (χ1n) is 9.34. The van der Waals surface area contributed by atoms with E-state index in [-0.39, 0.29) is 46.6 Å². The lowest BCUT2D eigenvalue weighted by molar-refractivity contribution is -0.187. The van der Waals surface area contributed by atoms with Gasteiger partial charge in [-0.2, -0.15) is 0 Å². The molecule has 9 atom stereocenters. The van der Waals surface area contributed by atoms with Crippen LogP contribution in [0.3, 0.4) is 0 Å². The predicted octanol–water partition coefficient (Wildman–Crippen LogP) is 1.90. The molecule has 9 unspecified atom stereocenters. The second kappa shape index (κ2) is 5.03. The molecule has 4 nitrogen and oxygen atoms in total. The van der Waals surface area contributed by atoms with Crippen molar-refractivity contribution in [1.29, 1.82) is 0 Å². The molecule has 0 aromatic carbocycles. The smallest absolute Gasteiger partial charge is 0.136 e. The fourth-order valence-electron chi connectivity index (χ4n) is 7.13. The Hall–Kier alpha value is -0.450. The van der Waals surface area contributed by atoms with Crippen molar-refractivity contribution in [2.45, 2.75) is 77.1 Å². The average molecular weight is 322 g/mol. The highest BCUT2D eigenvalue weighted by molar-refractivity contribution is 5.83. The first kappa shape index (κ1) is 16.0. The molecule has 4 rings (SSSR count). The highest BCUT2D eigenvalue weighted by Crippen LogP contribution is 2.65. The molecule has 130 valence electrons. The second-order valence-electron chi connectivity index (χ2n) is 9.32. The molecular weight excluding hydrogens is 292 g/mol. The van der Waals surface area contributed by atoms with Crippen LogP contribution in [0.2, 0.25) is 0 Å². The third kappa shape index (κ3) is 2.04. The van der Waals surface area contributed by atoms with Gasteiger partial charge in [0.1, 0.15) is 5.78 Å². The van der Waals surface area contributed by atoms with E-state index < -0.39 is 6.10 Å². The number of hydrogen-bond acceptors (Lipinski definition) is 4. The lowest BCUT2D eigenvalue weighted by Gasteiger charge is -2.61. The van der Waals surface area contributed by atoms with E-state index in [2.05, 4.69) is 13.8 Å². The van der Waals surface area contributed by atoms with Crippen molar-refractivity contribution in [3.63, 3.8) is 0 Å². The van der Waals surface area contributed by atoms with Gasteiger partial charge in [0.25, 0.3) is 0 Å². The Kier molecular flexibility index (Phi) is 3.51. The lowest BCUT2D eigenvalue weighted by atomic mass is 9.44. The molecule has 3 N–H and O–H groups in total. The molecule has 0 radical (unpaired) electrons. The lowest BCUT2D eigenvalue weighted by Crippen LogP contribution is -2.61. The zero-order chi connectivity index (χ0) is 16.6. The Morgan fingerprint density at radius 3 is 2.52 bits per heavy atom. The topological polar surface area (TPSA) is 77.8 Å². The summed E-state index contributed by atoms with van der Waals surface area (Å²) in [7, 11) is 0. The zero-order valence-corrected chi connectivity index (χ0v) is 14.2. The van der Waals surface area contributed by atoms with Crippen molar-refractivity contribution in [1.82, 2.24) is 0 Å². The van der Waals surface area contributed by atoms with Crippen molar-refractivity contribution in [3.8, 4) is 0 Å². The maximum atomic E-state index is 12.9. The van der Waals surface area contributed by atoms with Crippen LogP contribution in [0, 0.1) is 34.5 Å². The van der Waals surface area contributed by atoms with Gasteiger partial charge < -0.3 is 15.3 Å². The summed E-state index contributed by atoms with van der Waals surface area (Å²) in [5, 5.41) is 31.5. The number of fused-ring (bicyclic) bond motifs is 5. The van der Waals surface area contributed by atoms with Gasteiger partial charge in [0.2, 0.25) is 0 Å². The van der Waals surface area contributed by atoms with Gasteiger partial charge in [-0.3, -0.25) is 4.79 Å². The van der Waals surface area contributed by atoms with Crippen LogP contribution in [0.1, 0.15) is 58.8 Å². The van der Waals surface area contributed by atoms with Crippen LogP contribution in [0.5, 0.6) is 0 Å². The Morgan fingerprint density at radius 2 is 1.78 bits per heavy atom. The standard InChI is InChI=1S/C19H30O4/c1-18-6-5-10(20)7-13(18)14(21)8-11-12-3-4-16(23)19(12,2)9-15(22)17(11)18/h10-13,15-17,20,22-23H,3-9H2,1-2H3. The Bertz CT molecular complexity index is 519. The molecule has 0 spiro atoms. The van der Waals surface area contributed by atoms with Crippen LogP contribution in [-0.4, -0.2) is 39.4 Å². The molecule has 0 aliphatic heterocycles. The van der Waals surface area contributed by atoms with Gasteiger partial charge in [0.05, 0.1) is 18.3 Å². The van der Waals surface area contributed by atoms with Gasteiger partial charge >= 0.3 is 0 Å². The zero-order valence-electron chi connectivity index (χ0n) is 14.2. The highest BCUT2D eigenvalue weighted by Gasteiger charge is 2.64. The van der Waals surface area contributed by atoms with Crippen LogP contribution in [0.15, 0.2) is 0 Å². The van der Waals surface area contributed by atoms with Crippen molar-refractivity contribution in [2.75, 3.05) is 0 Å². The quantitative estimate of drug-likeness (QED) is 0.636. The summed E-state index contributed by atoms with van der Waals surface area (Å²) in [5.41, 5.74) is -0.425. The minimum atomic E-state index is -0.440. The molecule has 23 heavy (non-hydrogen) atoms. The van der Waals surface area contributed by atoms with Crippen molar-refractivity contribution < 1.29 is 20.1 Å². The number of carbonyl (C=O) groups is 1. The van der Waals surface area contributed by atoms with E-state index in [4.69, 9.17) is 0 Å². The summed E-state index contributed by atoms with van der Waals surface area (Å²) in [6.45, 7) is 4.29. The number of aliphatic hydroxyl groups excluding tert-OH is 3. The van der Waals surface area contributed by atoms with E-state index in [1.165, 1.54) is 0 Å². The molecule has 4 aliphatic carbocycles. The number of hydrogen-bond donors (Lipinski definition) is 3. The molecule has 0 amide bonds. The van der Waals surface area contributed by atoms with E-state index in [9.17, 15) is 20.1 Å². The van der Waals surface area contributed by atoms with Crippen LogP contribution < -0.4 is 0 Å². The molecule has 0 heterocycles. The number of Topliss-reactive ketones (excluding diaryl/α,β-unsaturated/α-hetero) is 1. The summed E-state index contributed by atoms with van der Waals surface area (Å²) >= 11 is 0. The molecule has 0 aromatic rings. The van der Waals surface area contributed by atoms with Gasteiger partial charge in [0.15, 0.2) is 0 Å². The van der Waals surface area contributed by atoms with E-state index in [0.29, 0.717) is 25.2 Å². The normalized spacial score (nSPS) is 59.2. The van der Waals surface area contributed by atoms with E-state index in [1.54, 1.807) is 0 Å². The fourth-order valence-corrected chi connectivity index (χ4v) is 7.13. The average Bonchev–Trinajstić information content (AvgIpc) is 2.76. The SMILES string of the molecule is CC12CC(O)C3C(CC(=O)C4CC(O)CCC43C)C1CCC2O. The maximum absolute atomic E-state index is 12.9. The molecule has 4 saturated carbocycles. The van der Waals surface area contributed by atoms with Gasteiger partial charge in [-0.05, 0) is 67.1 Å². The molecule has 4 heteroatoms. The van der Waals surface area contributed by atoms with Crippen molar-refractivity contribution in [3.05, 3.63) is 0 Å². The number of carbonyl (C=O) groups excluding carboxylic acids is 1. The first-order valence-corrected chi connectivity index (χ1v) is 9.34. The number of aliphatic hydroxyl groups is 3. The molecule has 4 aliphatic rings. The third-order valence-corrected chi connectivity index (χ3v) is 8.31. The number of ketones is 1. The molecular formula is C19H30O4. The largest absolute Gasteiger partial charge is 0.393 e. The molecule has 0 bridgehead atoms. The predicted molar refractivity (Wildman–Crippen MR) is 85.5 cm³/mol. The number of rotatable bonds is 0. The Labute approximate surface area is 138 Å². The second-order valence-corrected chi connectivity index (χ2v) is 9.32. The summed E-state index contributed by atoms with van der Waals surface area (Å²) in [6.07, 6.45) is 3.92. The third-order valence-electron chi connectivity index (χ3n) is 8.31. The molecule has 0 aromatic heterocycles. The highest BCUT2D eigenvalue weighted by atomic mass is 16.3. The van der Waals surface area contributed by atoms with Gasteiger partial charge in [-0.15, -0.1) is 0 Å².